The summed E-state index contributed by atoms with van der Waals surface area (Å²) in [6.45, 7) is 0. The minimum atomic E-state index is 0.656. The second-order valence-electron chi connectivity index (χ2n) is 1.93. The highest BCUT2D eigenvalue weighted by molar-refractivity contribution is 6.33. The molecular weight excluding hydrogens is 148 g/mol. The molecule has 0 fully saturated rings. The lowest BCUT2D eigenvalue weighted by Gasteiger charge is -1.91. The molecule has 0 aliphatic heterocycles. The zero-order valence-electron chi connectivity index (χ0n) is 5.08. The van der Waals surface area contributed by atoms with Gasteiger partial charge in [0.05, 0.1) is 11.2 Å². The highest BCUT2D eigenvalue weighted by Crippen LogP contribution is 2.12. The number of halogens is 1. The molecule has 1 radical (unpaired) electrons. The van der Waals surface area contributed by atoms with Gasteiger partial charge in [-0.15, -0.1) is 0 Å². The van der Waals surface area contributed by atoms with Crippen molar-refractivity contribution in [3.05, 3.63) is 35.7 Å². The number of imidazole rings is 1. The van der Waals surface area contributed by atoms with Gasteiger partial charge in [-0.1, -0.05) is 11.6 Å². The second kappa shape index (κ2) is 1.99. The summed E-state index contributed by atoms with van der Waals surface area (Å²) in [5, 5.41) is 0.656. The largest absolute Gasteiger partial charge is 0.297 e. The first-order valence-corrected chi connectivity index (χ1v) is 3.25. The van der Waals surface area contributed by atoms with Gasteiger partial charge in [0.1, 0.15) is 0 Å². The molecule has 3 heteroatoms. The average molecular weight is 152 g/mol. The number of nitrogens with zero attached hydrogens (tertiary/aromatic N) is 2. The van der Waals surface area contributed by atoms with Gasteiger partial charge >= 0.3 is 0 Å². The molecule has 0 aliphatic carbocycles. The fraction of sp³-hybridized carbons (Fsp3) is 0. The summed E-state index contributed by atoms with van der Waals surface area (Å²) in [4.78, 5) is 4.02. The first-order chi connectivity index (χ1) is 4.88. The molecule has 0 amide bonds. The Hall–Kier alpha value is -1.02. The lowest BCUT2D eigenvalue weighted by atomic mass is 10.5. The Morgan fingerprint density at radius 3 is 3.30 bits per heavy atom. The minimum absolute atomic E-state index is 0.656. The Labute approximate surface area is 63.1 Å². The molecule has 2 aromatic heterocycles. The lowest BCUT2D eigenvalue weighted by Crippen LogP contribution is -1.81. The Kier molecular flexibility index (Phi) is 1.14. The molecule has 10 heavy (non-hydrogen) atoms. The van der Waals surface area contributed by atoms with E-state index < -0.39 is 0 Å². The van der Waals surface area contributed by atoms with E-state index in [9.17, 15) is 0 Å². The summed E-state index contributed by atoms with van der Waals surface area (Å²) in [7, 11) is 0. The summed E-state index contributed by atoms with van der Waals surface area (Å²) in [6, 6.07) is 3.53. The summed E-state index contributed by atoms with van der Waals surface area (Å²) < 4.78 is 1.75. The molecule has 0 unspecified atom stereocenters. The molecule has 2 nitrogen and oxygen atoms in total. The quantitative estimate of drug-likeness (QED) is 0.561. The van der Waals surface area contributed by atoms with Crippen molar-refractivity contribution >= 4 is 17.2 Å². The van der Waals surface area contributed by atoms with E-state index in [1.807, 2.05) is 0 Å². The highest BCUT2D eigenvalue weighted by Gasteiger charge is 1.96. The maximum Gasteiger partial charge on any atom is 0.156 e. The van der Waals surface area contributed by atoms with Crippen LogP contribution in [0.25, 0.3) is 5.65 Å². The number of aromatic nitrogens is 2. The fourth-order valence-corrected chi connectivity index (χ4v) is 1.05. The van der Waals surface area contributed by atoms with Crippen molar-refractivity contribution in [2.75, 3.05) is 0 Å². The van der Waals surface area contributed by atoms with E-state index in [0.29, 0.717) is 5.02 Å². The van der Waals surface area contributed by atoms with Crippen molar-refractivity contribution < 1.29 is 0 Å². The number of pyridine rings is 1. The van der Waals surface area contributed by atoms with Crippen LogP contribution in [0.1, 0.15) is 0 Å². The molecular formula is C7H4ClN2. The molecule has 2 heterocycles. The van der Waals surface area contributed by atoms with Crippen LogP contribution in [0.5, 0.6) is 0 Å². The third-order valence-corrected chi connectivity index (χ3v) is 1.59. The monoisotopic (exact) mass is 151 g/mol. The van der Waals surface area contributed by atoms with E-state index >= 15 is 0 Å². The van der Waals surface area contributed by atoms with Crippen LogP contribution in [-0.2, 0) is 0 Å². The van der Waals surface area contributed by atoms with Crippen molar-refractivity contribution in [3.8, 4) is 0 Å². The van der Waals surface area contributed by atoms with Gasteiger partial charge in [0.15, 0.2) is 5.65 Å². The number of hydrogen-bond acceptors (Lipinski definition) is 1. The summed E-state index contributed by atoms with van der Waals surface area (Å²) >= 11 is 5.80. The van der Waals surface area contributed by atoms with Crippen LogP contribution in [-0.4, -0.2) is 9.38 Å². The lowest BCUT2D eigenvalue weighted by molar-refractivity contribution is 1.17. The number of hydrogen-bond donors (Lipinski definition) is 0. The smallest absolute Gasteiger partial charge is 0.156 e. The summed E-state index contributed by atoms with van der Waals surface area (Å²) in [5.74, 6) is 0. The van der Waals surface area contributed by atoms with Crippen LogP contribution in [0.15, 0.2) is 24.5 Å². The number of fused-ring (bicyclic) bond motifs is 1. The van der Waals surface area contributed by atoms with Gasteiger partial charge in [-0.25, -0.2) is 4.98 Å². The van der Waals surface area contributed by atoms with E-state index in [2.05, 4.69) is 11.2 Å². The minimum Gasteiger partial charge on any atom is -0.297 e. The predicted molar refractivity (Wildman–Crippen MR) is 39.0 cm³/mol. The molecule has 2 rings (SSSR count). The number of rotatable bonds is 0. The van der Waals surface area contributed by atoms with Gasteiger partial charge in [0.25, 0.3) is 0 Å². The molecule has 0 bridgehead atoms. The Balaban J connectivity index is 2.95. The molecule has 0 N–H and O–H groups in total. The summed E-state index contributed by atoms with van der Waals surface area (Å²) in [6.07, 6.45) is 6.44. The molecule has 0 saturated carbocycles. The molecule has 0 saturated heterocycles. The SMILES string of the molecule is Clc1cc[c]n2ccnc12. The zero-order chi connectivity index (χ0) is 6.97. The van der Waals surface area contributed by atoms with Crippen LogP contribution in [0.4, 0.5) is 0 Å². The molecule has 0 spiro atoms. The Morgan fingerprint density at radius 1 is 1.60 bits per heavy atom. The summed E-state index contributed by atoms with van der Waals surface area (Å²) in [5.41, 5.74) is 0.754. The molecule has 0 aliphatic rings. The average Bonchev–Trinajstić information content (AvgIpc) is 2.36. The third kappa shape index (κ3) is 0.693. The molecule has 49 valence electrons. The molecule has 0 atom stereocenters. The van der Waals surface area contributed by atoms with Crippen molar-refractivity contribution in [1.82, 2.24) is 9.38 Å². The van der Waals surface area contributed by atoms with Crippen LogP contribution in [0.3, 0.4) is 0 Å². The Morgan fingerprint density at radius 2 is 2.50 bits per heavy atom. The van der Waals surface area contributed by atoms with Crippen LogP contribution >= 0.6 is 11.6 Å². The van der Waals surface area contributed by atoms with Crippen molar-refractivity contribution in [2.45, 2.75) is 0 Å². The van der Waals surface area contributed by atoms with Gasteiger partial charge < -0.3 is 0 Å². The molecule has 0 aromatic carbocycles. The highest BCUT2D eigenvalue weighted by atomic mass is 35.5. The van der Waals surface area contributed by atoms with E-state index in [0.717, 1.165) is 5.65 Å². The standard InChI is InChI=1S/C7H4ClN2/c8-6-2-1-4-10-5-3-9-7(6)10/h1-3,5H. The van der Waals surface area contributed by atoms with Crippen molar-refractivity contribution in [1.29, 1.82) is 0 Å². The van der Waals surface area contributed by atoms with E-state index in [1.165, 1.54) is 0 Å². The van der Waals surface area contributed by atoms with Crippen molar-refractivity contribution in [2.24, 2.45) is 0 Å². The van der Waals surface area contributed by atoms with E-state index in [4.69, 9.17) is 11.6 Å². The van der Waals surface area contributed by atoms with Crippen LogP contribution in [0.2, 0.25) is 5.02 Å². The normalized spacial score (nSPS) is 10.5. The first-order valence-electron chi connectivity index (χ1n) is 2.87. The predicted octanol–water partition coefficient (Wildman–Crippen LogP) is 1.79. The second-order valence-corrected chi connectivity index (χ2v) is 2.34. The van der Waals surface area contributed by atoms with Crippen LogP contribution in [0, 0.1) is 6.20 Å². The zero-order valence-corrected chi connectivity index (χ0v) is 5.84. The first kappa shape index (κ1) is 5.74. The Bertz CT molecular complexity index is 353. The van der Waals surface area contributed by atoms with Crippen molar-refractivity contribution in [3.63, 3.8) is 0 Å². The van der Waals surface area contributed by atoms with Gasteiger partial charge in [0, 0.05) is 12.4 Å². The maximum atomic E-state index is 5.80. The van der Waals surface area contributed by atoms with Gasteiger partial charge in [-0.05, 0) is 12.1 Å². The fourth-order valence-electron chi connectivity index (χ4n) is 0.850. The van der Waals surface area contributed by atoms with Gasteiger partial charge in [-0.3, -0.25) is 4.40 Å². The van der Waals surface area contributed by atoms with Gasteiger partial charge in [0.2, 0.25) is 0 Å². The molecule has 2 aromatic rings. The van der Waals surface area contributed by atoms with E-state index in [1.54, 1.807) is 28.9 Å². The topological polar surface area (TPSA) is 17.3 Å². The van der Waals surface area contributed by atoms with Gasteiger partial charge in [-0.2, -0.15) is 0 Å². The van der Waals surface area contributed by atoms with E-state index in [-0.39, 0.29) is 0 Å². The maximum absolute atomic E-state index is 5.80. The van der Waals surface area contributed by atoms with Crippen LogP contribution < -0.4 is 0 Å². The third-order valence-electron chi connectivity index (χ3n) is 1.30.